The highest BCUT2D eigenvalue weighted by Gasteiger charge is 2.35. The van der Waals surface area contributed by atoms with Crippen LogP contribution < -0.4 is 10.2 Å². The summed E-state index contributed by atoms with van der Waals surface area (Å²) in [5, 5.41) is 3.09. The van der Waals surface area contributed by atoms with Gasteiger partial charge in [-0.15, -0.1) is 0 Å². The average Bonchev–Trinajstić information content (AvgIpc) is 3.17. The zero-order valence-electron chi connectivity index (χ0n) is 9.78. The summed E-state index contributed by atoms with van der Waals surface area (Å²) in [5.74, 6) is 0.889. The molecule has 0 bridgehead atoms. The van der Waals surface area contributed by atoms with Gasteiger partial charge >= 0.3 is 0 Å². The molecule has 88 valence electrons. The molecular formula is C12H19N3O. The van der Waals surface area contributed by atoms with Gasteiger partial charge in [-0.2, -0.15) is 4.98 Å². The van der Waals surface area contributed by atoms with Crippen LogP contribution in [0.1, 0.15) is 31.4 Å². The molecule has 0 saturated heterocycles. The Morgan fingerprint density at radius 2 is 2.25 bits per heavy atom. The lowest BCUT2D eigenvalue weighted by atomic mass is 10.4. The summed E-state index contributed by atoms with van der Waals surface area (Å²) in [4.78, 5) is 6.91. The first kappa shape index (κ1) is 10.1. The molecule has 0 radical (unpaired) electrons. The summed E-state index contributed by atoms with van der Waals surface area (Å²) in [5.41, 5.74) is 0.999. The number of nitrogens with one attached hydrogen (secondary N) is 1. The Labute approximate surface area is 96.0 Å². The Balaban J connectivity index is 1.70. The van der Waals surface area contributed by atoms with Gasteiger partial charge in [0, 0.05) is 19.1 Å². The van der Waals surface area contributed by atoms with Crippen molar-refractivity contribution in [3.8, 4) is 0 Å². The van der Waals surface area contributed by atoms with Gasteiger partial charge in [0.15, 0.2) is 0 Å². The molecule has 0 aromatic carbocycles. The van der Waals surface area contributed by atoms with E-state index in [1.807, 2.05) is 7.05 Å². The highest BCUT2D eigenvalue weighted by atomic mass is 16.4. The van der Waals surface area contributed by atoms with Gasteiger partial charge in [-0.05, 0) is 38.6 Å². The Morgan fingerprint density at radius 3 is 2.88 bits per heavy atom. The molecule has 2 fully saturated rings. The van der Waals surface area contributed by atoms with Crippen LogP contribution in [0.25, 0.3) is 0 Å². The molecule has 0 unspecified atom stereocenters. The number of anilines is 1. The lowest BCUT2D eigenvalue weighted by Gasteiger charge is -2.19. The Kier molecular flexibility index (Phi) is 2.59. The molecule has 4 nitrogen and oxygen atoms in total. The van der Waals surface area contributed by atoms with Gasteiger partial charge in [-0.25, -0.2) is 0 Å². The van der Waals surface area contributed by atoms with E-state index in [2.05, 4.69) is 15.2 Å². The van der Waals surface area contributed by atoms with Gasteiger partial charge in [0.2, 0.25) is 0 Å². The molecule has 2 aliphatic rings. The van der Waals surface area contributed by atoms with Crippen LogP contribution in [0.5, 0.6) is 0 Å². The predicted octanol–water partition coefficient (Wildman–Crippen LogP) is 1.77. The van der Waals surface area contributed by atoms with Crippen molar-refractivity contribution < 1.29 is 4.42 Å². The molecule has 2 aliphatic carbocycles. The van der Waals surface area contributed by atoms with Gasteiger partial charge in [0.1, 0.15) is 6.26 Å². The van der Waals surface area contributed by atoms with Crippen LogP contribution >= 0.6 is 0 Å². The molecule has 0 amide bonds. The molecule has 0 atom stereocenters. The minimum Gasteiger partial charge on any atom is -0.432 e. The third-order valence-electron chi connectivity index (χ3n) is 3.28. The lowest BCUT2D eigenvalue weighted by molar-refractivity contribution is 0.522. The quantitative estimate of drug-likeness (QED) is 0.795. The van der Waals surface area contributed by atoms with Crippen molar-refractivity contribution in [3.05, 3.63) is 12.0 Å². The first-order chi connectivity index (χ1) is 7.86. The first-order valence-corrected chi connectivity index (χ1v) is 6.22. The van der Waals surface area contributed by atoms with E-state index >= 15 is 0 Å². The second kappa shape index (κ2) is 4.09. The first-order valence-electron chi connectivity index (χ1n) is 6.22. The number of aromatic nitrogens is 1. The molecule has 4 heteroatoms. The predicted molar refractivity (Wildman–Crippen MR) is 62.4 cm³/mol. The molecule has 0 aliphatic heterocycles. The second-order valence-corrected chi connectivity index (χ2v) is 4.98. The molecule has 3 rings (SSSR count). The maximum atomic E-state index is 5.58. The number of nitrogens with zero attached hydrogens (tertiary/aromatic N) is 2. The number of oxazole rings is 1. The fraction of sp³-hybridized carbons (Fsp3) is 0.750. The van der Waals surface area contributed by atoms with E-state index in [-0.39, 0.29) is 0 Å². The van der Waals surface area contributed by atoms with Gasteiger partial charge in [-0.1, -0.05) is 0 Å². The lowest BCUT2D eigenvalue weighted by Crippen LogP contribution is -2.28. The zero-order chi connectivity index (χ0) is 11.0. The summed E-state index contributed by atoms with van der Waals surface area (Å²) in [7, 11) is 1.93. The van der Waals surface area contributed by atoms with Crippen molar-refractivity contribution in [2.45, 2.75) is 38.3 Å². The largest absolute Gasteiger partial charge is 0.432 e. The molecule has 1 aromatic heterocycles. The van der Waals surface area contributed by atoms with Crippen LogP contribution in [-0.4, -0.2) is 24.6 Å². The fourth-order valence-corrected chi connectivity index (χ4v) is 2.04. The van der Waals surface area contributed by atoms with Crippen LogP contribution in [0.3, 0.4) is 0 Å². The standard InChI is InChI=1S/C12H19N3O/c1-13-6-10-8-16-12(14-10)15(11-4-5-11)7-9-2-3-9/h8-9,11,13H,2-7H2,1H3. The maximum Gasteiger partial charge on any atom is 0.297 e. The Bertz CT molecular complexity index is 355. The van der Waals surface area contributed by atoms with E-state index in [0.717, 1.165) is 30.7 Å². The van der Waals surface area contributed by atoms with Crippen molar-refractivity contribution in [3.63, 3.8) is 0 Å². The number of rotatable bonds is 6. The van der Waals surface area contributed by atoms with E-state index in [9.17, 15) is 0 Å². The van der Waals surface area contributed by atoms with Crippen molar-refractivity contribution in [2.24, 2.45) is 5.92 Å². The summed E-state index contributed by atoms with van der Waals surface area (Å²) in [6.07, 6.45) is 7.14. The van der Waals surface area contributed by atoms with Gasteiger partial charge in [0.25, 0.3) is 6.01 Å². The monoisotopic (exact) mass is 221 g/mol. The topological polar surface area (TPSA) is 41.3 Å². The third kappa shape index (κ3) is 2.21. The summed E-state index contributed by atoms with van der Waals surface area (Å²) < 4.78 is 5.58. The van der Waals surface area contributed by atoms with Crippen LogP contribution in [-0.2, 0) is 6.54 Å². The van der Waals surface area contributed by atoms with Crippen LogP contribution in [0, 0.1) is 5.92 Å². The highest BCUT2D eigenvalue weighted by molar-refractivity contribution is 5.32. The summed E-state index contributed by atoms with van der Waals surface area (Å²) >= 11 is 0. The van der Waals surface area contributed by atoms with Crippen LogP contribution in [0.4, 0.5) is 6.01 Å². The third-order valence-corrected chi connectivity index (χ3v) is 3.28. The van der Waals surface area contributed by atoms with E-state index < -0.39 is 0 Å². The van der Waals surface area contributed by atoms with Gasteiger partial charge < -0.3 is 14.6 Å². The molecule has 1 heterocycles. The summed E-state index contributed by atoms with van der Waals surface area (Å²) in [6, 6.07) is 1.53. The Hall–Kier alpha value is -1.03. The normalized spacial score (nSPS) is 20.1. The van der Waals surface area contributed by atoms with E-state index in [1.54, 1.807) is 6.26 Å². The summed E-state index contributed by atoms with van der Waals surface area (Å²) in [6.45, 7) is 1.93. The second-order valence-electron chi connectivity index (χ2n) is 4.98. The zero-order valence-corrected chi connectivity index (χ0v) is 9.78. The minimum atomic E-state index is 0.696. The van der Waals surface area contributed by atoms with Crippen LogP contribution in [0.2, 0.25) is 0 Å². The van der Waals surface area contributed by atoms with E-state index in [0.29, 0.717) is 6.04 Å². The molecule has 0 spiro atoms. The molecular weight excluding hydrogens is 202 g/mol. The smallest absolute Gasteiger partial charge is 0.297 e. The molecule has 1 N–H and O–H groups in total. The van der Waals surface area contributed by atoms with Crippen molar-refractivity contribution in [2.75, 3.05) is 18.5 Å². The minimum absolute atomic E-state index is 0.696. The fourth-order valence-electron chi connectivity index (χ4n) is 2.04. The van der Waals surface area contributed by atoms with E-state index in [4.69, 9.17) is 4.42 Å². The van der Waals surface area contributed by atoms with Crippen LogP contribution in [0.15, 0.2) is 10.7 Å². The number of hydrogen-bond donors (Lipinski definition) is 1. The van der Waals surface area contributed by atoms with Gasteiger partial charge in [0.05, 0.1) is 5.69 Å². The van der Waals surface area contributed by atoms with Gasteiger partial charge in [-0.3, -0.25) is 0 Å². The molecule has 2 saturated carbocycles. The number of hydrogen-bond acceptors (Lipinski definition) is 4. The van der Waals surface area contributed by atoms with Crippen molar-refractivity contribution in [1.29, 1.82) is 0 Å². The molecule has 16 heavy (non-hydrogen) atoms. The van der Waals surface area contributed by atoms with Crippen molar-refractivity contribution in [1.82, 2.24) is 10.3 Å². The highest BCUT2D eigenvalue weighted by Crippen LogP contribution is 2.37. The maximum absolute atomic E-state index is 5.58. The van der Waals surface area contributed by atoms with E-state index in [1.165, 1.54) is 25.7 Å². The SMILES string of the molecule is CNCc1coc(N(CC2CC2)C2CC2)n1. The average molecular weight is 221 g/mol. The Morgan fingerprint density at radius 1 is 1.44 bits per heavy atom. The van der Waals surface area contributed by atoms with Crippen molar-refractivity contribution >= 4 is 6.01 Å². The molecule has 1 aromatic rings.